The van der Waals surface area contributed by atoms with Crippen LogP contribution in [0.25, 0.3) is 0 Å². The normalized spacial score (nSPS) is 0. The van der Waals surface area contributed by atoms with Crippen molar-refractivity contribution >= 4 is 77.4 Å². The minimum absolute atomic E-state index is 0. The Morgan fingerprint density at radius 2 is 0.333 bits per heavy atom. The molecule has 0 atom stereocenters. The van der Waals surface area contributed by atoms with Crippen LogP contribution in [0.5, 0.6) is 0 Å². The van der Waals surface area contributed by atoms with Crippen molar-refractivity contribution in [1.29, 1.82) is 0 Å². The van der Waals surface area contributed by atoms with Gasteiger partial charge < -0.3 is 0 Å². The molecule has 0 saturated heterocycles. The molecule has 0 aromatic rings. The maximum absolute atomic E-state index is 0. The molecule has 0 saturated carbocycles. The minimum Gasteiger partial charge on any atom is -0.197 e. The molecule has 0 aliphatic rings. The predicted octanol–water partition coefficient (Wildman–Crippen LogP) is 1.43. The Balaban J connectivity index is 0. The fraction of sp³-hybridized carbons (Fsp3) is 0. The summed E-state index contributed by atoms with van der Waals surface area (Å²) in [5.74, 6) is 0. The summed E-state index contributed by atoms with van der Waals surface area (Å²) >= 11 is 0. The first-order valence-electron chi connectivity index (χ1n) is 0. The van der Waals surface area contributed by atoms with Crippen molar-refractivity contribution in [3.05, 3.63) is 0 Å². The molecule has 0 aliphatic carbocycles. The van der Waals surface area contributed by atoms with Gasteiger partial charge in [-0.25, -0.2) is 0 Å². The third-order valence-corrected chi connectivity index (χ3v) is 0. The maximum Gasteiger partial charge on any atom is 0 e. The van der Waals surface area contributed by atoms with Crippen LogP contribution in [0.2, 0.25) is 0 Å². The van der Waals surface area contributed by atoms with Gasteiger partial charge in [-0.3, -0.25) is 0 Å². The van der Waals surface area contributed by atoms with Crippen LogP contribution in [0.1, 0.15) is 0 Å². The lowest BCUT2D eigenvalue weighted by Gasteiger charge is -0.198. The molecular weight excluding hydrogens is 191 g/mol. The van der Waals surface area contributed by atoms with Crippen molar-refractivity contribution in [2.75, 3.05) is 0 Å². The summed E-state index contributed by atoms with van der Waals surface area (Å²) in [7, 11) is 0. The Bertz CT molecular complexity index is 3.90. The maximum atomic E-state index is 0. The van der Waals surface area contributed by atoms with E-state index < -0.39 is 0 Å². The fourth-order valence-corrected chi connectivity index (χ4v) is 0. The lowest BCUT2D eigenvalue weighted by molar-refractivity contribution is 6.92. The average molecular weight is 201 g/mol. The summed E-state index contributed by atoms with van der Waals surface area (Å²) in [5.41, 5.74) is 0. The zero-order valence-corrected chi connectivity index (χ0v) is 8.84. The van der Waals surface area contributed by atoms with Crippen LogP contribution in [0.4, 0.5) is 0 Å². The lowest BCUT2D eigenvalue weighted by Crippen LogP contribution is 0.647. The van der Waals surface area contributed by atoms with Gasteiger partial charge in [0.2, 0.25) is 0 Å². The van der Waals surface area contributed by atoms with Gasteiger partial charge in [-0.1, -0.05) is 0 Å². The van der Waals surface area contributed by atoms with Crippen molar-refractivity contribution in [3.8, 4) is 0 Å². The van der Waals surface area contributed by atoms with Crippen LogP contribution in [0.3, 0.4) is 0 Å². The van der Waals surface area contributed by atoms with Crippen molar-refractivity contribution in [2.45, 2.75) is 0 Å². The summed E-state index contributed by atoms with van der Waals surface area (Å²) in [5, 5.41) is 0. The van der Waals surface area contributed by atoms with E-state index in [1.807, 2.05) is 0 Å². The molecule has 0 unspecified atom stereocenters. The van der Waals surface area contributed by atoms with Crippen molar-refractivity contribution in [2.24, 2.45) is 0 Å². The Morgan fingerprint density at radius 1 is 0.333 bits per heavy atom. The summed E-state index contributed by atoms with van der Waals surface area (Å²) in [4.78, 5) is 0. The molecule has 0 aromatic carbocycles. The van der Waals surface area contributed by atoms with Crippen LogP contribution in [-0.2, 0) is 0 Å². The summed E-state index contributed by atoms with van der Waals surface area (Å²) in [6.07, 6.45) is 0. The predicted molar refractivity (Wildman–Crippen MR) is 58.8 cm³/mol. The summed E-state index contributed by atoms with van der Waals surface area (Å²) in [6.45, 7) is 0. The van der Waals surface area contributed by atoms with Crippen molar-refractivity contribution in [3.63, 3.8) is 0 Å². The van der Waals surface area contributed by atoms with Gasteiger partial charge in [0.25, 0.3) is 0 Å². The summed E-state index contributed by atoms with van der Waals surface area (Å²) < 4.78 is 0. The van der Waals surface area contributed by atoms with Crippen LogP contribution < -0.4 is 0 Å². The fourth-order valence-electron chi connectivity index (χ4n) is 0. The SMILES string of the molecule is S.S.S.S.S.[P]. The first-order valence-corrected chi connectivity index (χ1v) is 0. The molecule has 0 rings (SSSR count). The van der Waals surface area contributed by atoms with Gasteiger partial charge in [0, 0.05) is 9.90 Å². The highest BCUT2D eigenvalue weighted by Crippen LogP contribution is 0.861. The molecule has 3 radical (unpaired) electrons. The standard InChI is InChI=1S/P.5H2S/h;5*1H2. The van der Waals surface area contributed by atoms with Gasteiger partial charge in [-0.2, -0.15) is 67.5 Å². The van der Waals surface area contributed by atoms with Crippen LogP contribution in [0.15, 0.2) is 0 Å². The zero-order chi connectivity index (χ0) is 0. The van der Waals surface area contributed by atoms with E-state index in [-0.39, 0.29) is 77.4 Å². The zero-order valence-electron chi connectivity index (χ0n) is 2.95. The van der Waals surface area contributed by atoms with E-state index >= 15 is 0 Å². The Labute approximate surface area is 77.1 Å². The minimum atomic E-state index is 0. The largest absolute Gasteiger partial charge is 0.197 e. The van der Waals surface area contributed by atoms with Gasteiger partial charge in [0.15, 0.2) is 0 Å². The van der Waals surface area contributed by atoms with E-state index in [1.54, 1.807) is 0 Å². The lowest BCUT2D eigenvalue weighted by atomic mass is 31.0. The van der Waals surface area contributed by atoms with Gasteiger partial charge >= 0.3 is 0 Å². The highest BCUT2D eigenvalue weighted by Gasteiger charge is 0.0000259. The van der Waals surface area contributed by atoms with E-state index in [0.717, 1.165) is 0 Å². The highest BCUT2D eigenvalue weighted by molar-refractivity contribution is 7.60. The molecule has 0 aromatic heterocycles. The molecule has 0 fully saturated rings. The number of hydrogen-bond donors (Lipinski definition) is 0. The van der Waals surface area contributed by atoms with E-state index in [0.29, 0.717) is 0 Å². The van der Waals surface area contributed by atoms with E-state index in [9.17, 15) is 0 Å². The molecule has 45 valence electrons. The van der Waals surface area contributed by atoms with Crippen LogP contribution >= 0.6 is 77.4 Å². The first kappa shape index (κ1) is 88.7. The summed E-state index contributed by atoms with van der Waals surface area (Å²) in [6, 6.07) is 0. The topological polar surface area (TPSA) is 0 Å². The number of rotatable bonds is 0. The molecule has 0 aliphatic heterocycles. The molecule has 0 amide bonds. The van der Waals surface area contributed by atoms with Gasteiger partial charge in [-0.05, 0) is 0 Å². The van der Waals surface area contributed by atoms with Crippen LogP contribution in [0, 0.1) is 0 Å². The molecule has 0 N–H and O–H groups in total. The smallest absolute Gasteiger partial charge is 0 e. The molecule has 6 heteroatoms. The second kappa shape index (κ2) is 57.7. The van der Waals surface area contributed by atoms with E-state index in [2.05, 4.69) is 0 Å². The first-order chi connectivity index (χ1) is 0. The third kappa shape index (κ3) is 34.9. The second-order valence-electron chi connectivity index (χ2n) is 0. The highest BCUT2D eigenvalue weighted by atomic mass is 32.1. The average Bonchev–Trinajstić information content (AvgIpc) is 0. The molecule has 0 heterocycles. The van der Waals surface area contributed by atoms with E-state index in [1.165, 1.54) is 0 Å². The van der Waals surface area contributed by atoms with Gasteiger partial charge in [0.05, 0.1) is 0 Å². The Morgan fingerprint density at radius 3 is 0.333 bits per heavy atom. The van der Waals surface area contributed by atoms with E-state index in [4.69, 9.17) is 0 Å². The quantitative estimate of drug-likeness (QED) is 0.520. The Kier molecular flexibility index (Phi) is 853. The molecular formula is H10PS5. The molecule has 0 bridgehead atoms. The Hall–Kier alpha value is 2.18. The van der Waals surface area contributed by atoms with Gasteiger partial charge in [0.1, 0.15) is 0 Å². The van der Waals surface area contributed by atoms with Crippen molar-refractivity contribution < 1.29 is 0 Å². The second-order valence-corrected chi connectivity index (χ2v) is 0. The van der Waals surface area contributed by atoms with Gasteiger partial charge in [-0.15, -0.1) is 0 Å². The third-order valence-electron chi connectivity index (χ3n) is 0. The molecule has 0 nitrogen and oxygen atoms in total. The molecule has 6 heavy (non-hydrogen) atoms. The monoisotopic (exact) mass is 201 g/mol. The number of hydrogen-bond acceptors (Lipinski definition) is 0. The van der Waals surface area contributed by atoms with Crippen LogP contribution in [-0.4, -0.2) is 0 Å². The van der Waals surface area contributed by atoms with Crippen molar-refractivity contribution in [1.82, 2.24) is 0 Å². The molecule has 0 spiro atoms.